The molecule has 41 heavy (non-hydrogen) atoms. The molecule has 11 nitrogen and oxygen atoms in total. The minimum absolute atomic E-state index is 0.170. The minimum atomic E-state index is -0.191. The second-order valence-electron chi connectivity index (χ2n) is 10.4. The van der Waals surface area contributed by atoms with Gasteiger partial charge in [0.25, 0.3) is 11.8 Å². The van der Waals surface area contributed by atoms with Crippen LogP contribution in [-0.4, -0.2) is 68.8 Å². The molecule has 1 aliphatic heterocycles. The first-order valence-corrected chi connectivity index (χ1v) is 13.7. The average Bonchev–Trinajstić information content (AvgIpc) is 3.70. The Labute approximate surface area is 237 Å². The summed E-state index contributed by atoms with van der Waals surface area (Å²) in [5, 5.41) is 14.5. The predicted octanol–water partition coefficient (Wildman–Crippen LogP) is 4.32. The molecule has 2 fully saturated rings. The van der Waals surface area contributed by atoms with Crippen LogP contribution in [0.5, 0.6) is 0 Å². The van der Waals surface area contributed by atoms with E-state index in [9.17, 15) is 9.59 Å². The number of rotatable bonds is 8. The highest BCUT2D eigenvalue weighted by molar-refractivity contribution is 6.04. The molecule has 2 aromatic heterocycles. The molecule has 1 aliphatic carbocycles. The van der Waals surface area contributed by atoms with E-state index in [-0.39, 0.29) is 11.8 Å². The van der Waals surface area contributed by atoms with Crippen LogP contribution in [0.1, 0.15) is 44.8 Å². The lowest BCUT2D eigenvalue weighted by Gasteiger charge is -2.25. The largest absolute Gasteiger partial charge is 0.378 e. The van der Waals surface area contributed by atoms with Crippen LogP contribution in [0.4, 0.5) is 23.0 Å². The van der Waals surface area contributed by atoms with Crippen LogP contribution >= 0.6 is 0 Å². The molecule has 2 aliphatic rings. The van der Waals surface area contributed by atoms with Crippen molar-refractivity contribution in [2.24, 2.45) is 0 Å². The Kier molecular flexibility index (Phi) is 7.34. The maximum Gasteiger partial charge on any atom is 0.274 e. The fourth-order valence-electron chi connectivity index (χ4n) is 4.62. The van der Waals surface area contributed by atoms with Gasteiger partial charge in [0.15, 0.2) is 11.5 Å². The molecule has 0 radical (unpaired) electrons. The lowest BCUT2D eigenvalue weighted by Crippen LogP contribution is -2.40. The Bertz CT molecular complexity index is 1590. The van der Waals surface area contributed by atoms with Crippen LogP contribution < -0.4 is 16.0 Å². The summed E-state index contributed by atoms with van der Waals surface area (Å²) in [6.45, 7) is 5.95. The molecule has 1 saturated carbocycles. The van der Waals surface area contributed by atoms with Crippen molar-refractivity contribution < 1.29 is 14.3 Å². The van der Waals surface area contributed by atoms with Gasteiger partial charge in [-0.3, -0.25) is 9.59 Å². The van der Waals surface area contributed by atoms with E-state index in [1.165, 1.54) is 6.33 Å². The highest BCUT2D eigenvalue weighted by atomic mass is 16.5. The number of hydrogen-bond donors (Lipinski definition) is 3. The second kappa shape index (κ2) is 11.4. The normalized spacial score (nSPS) is 14.9. The number of anilines is 4. The summed E-state index contributed by atoms with van der Waals surface area (Å²) >= 11 is 0. The third-order valence-electron chi connectivity index (χ3n) is 7.06. The van der Waals surface area contributed by atoms with E-state index in [0.717, 1.165) is 29.7 Å². The summed E-state index contributed by atoms with van der Waals surface area (Å²) in [6, 6.07) is 17.1. The SMILES string of the molecule is Cc1cccc(C(=O)Nc2ccc(C)c(Nc3cc(C(=O)N4CCOCC4)nn3-c3cc(NC4CC4)ncn3)c2)c1. The standard InChI is InChI=1S/C30H32N8O3/c1-19-4-3-5-21(14-19)29(39)34-23-7-6-20(2)24(15-23)35-28-16-25(30(40)37-10-12-41-13-11-37)36-38(28)27-17-26(31-18-32-27)33-22-8-9-22/h3-7,14-18,22,35H,8-13H2,1-2H3,(H,34,39)(H,31,32,33). The van der Waals surface area contributed by atoms with Crippen molar-refractivity contribution >= 4 is 34.8 Å². The number of nitrogens with one attached hydrogen (secondary N) is 3. The van der Waals surface area contributed by atoms with Gasteiger partial charge < -0.3 is 25.6 Å². The minimum Gasteiger partial charge on any atom is -0.378 e. The average molecular weight is 553 g/mol. The smallest absolute Gasteiger partial charge is 0.274 e. The van der Waals surface area contributed by atoms with E-state index in [1.807, 2.05) is 56.3 Å². The van der Waals surface area contributed by atoms with Crippen molar-refractivity contribution in [1.29, 1.82) is 0 Å². The number of hydrogen-bond acceptors (Lipinski definition) is 8. The second-order valence-corrected chi connectivity index (χ2v) is 10.4. The van der Waals surface area contributed by atoms with Gasteiger partial charge in [0.05, 0.1) is 13.2 Å². The Hall–Kier alpha value is -4.77. The molecule has 11 heteroatoms. The Morgan fingerprint density at radius 1 is 0.976 bits per heavy atom. The Morgan fingerprint density at radius 2 is 1.80 bits per heavy atom. The van der Waals surface area contributed by atoms with E-state index < -0.39 is 0 Å². The lowest BCUT2D eigenvalue weighted by molar-refractivity contribution is 0.0298. The zero-order valence-electron chi connectivity index (χ0n) is 23.1. The first-order chi connectivity index (χ1) is 19.9. The molecular weight excluding hydrogens is 520 g/mol. The van der Waals surface area contributed by atoms with E-state index in [0.29, 0.717) is 66.7 Å². The van der Waals surface area contributed by atoms with Gasteiger partial charge in [0.2, 0.25) is 0 Å². The summed E-state index contributed by atoms with van der Waals surface area (Å²) in [5.74, 6) is 1.42. The predicted molar refractivity (Wildman–Crippen MR) is 156 cm³/mol. The first kappa shape index (κ1) is 26.5. The fraction of sp³-hybridized carbons (Fsp3) is 0.300. The quantitative estimate of drug-likeness (QED) is 0.295. The number of carbonyl (C=O) groups is 2. The number of benzene rings is 2. The molecule has 6 rings (SSSR count). The van der Waals surface area contributed by atoms with Gasteiger partial charge in [-0.2, -0.15) is 9.78 Å². The molecule has 1 saturated heterocycles. The van der Waals surface area contributed by atoms with Crippen molar-refractivity contribution in [3.8, 4) is 5.82 Å². The summed E-state index contributed by atoms with van der Waals surface area (Å²) in [7, 11) is 0. The van der Waals surface area contributed by atoms with Gasteiger partial charge in [-0.1, -0.05) is 23.8 Å². The van der Waals surface area contributed by atoms with Crippen molar-refractivity contribution in [2.75, 3.05) is 42.3 Å². The molecule has 210 valence electrons. The van der Waals surface area contributed by atoms with Gasteiger partial charge in [-0.05, 0) is 56.5 Å². The highest BCUT2D eigenvalue weighted by Gasteiger charge is 2.25. The number of morpholine rings is 1. The zero-order valence-corrected chi connectivity index (χ0v) is 23.1. The van der Waals surface area contributed by atoms with Crippen molar-refractivity contribution in [1.82, 2.24) is 24.6 Å². The molecule has 2 aromatic carbocycles. The summed E-state index contributed by atoms with van der Waals surface area (Å²) in [5.41, 5.74) is 4.24. The van der Waals surface area contributed by atoms with Crippen LogP contribution in [0.3, 0.4) is 0 Å². The number of carbonyl (C=O) groups excluding carboxylic acids is 2. The van der Waals surface area contributed by atoms with Crippen molar-refractivity contribution in [2.45, 2.75) is 32.7 Å². The van der Waals surface area contributed by atoms with Crippen molar-refractivity contribution in [3.05, 3.63) is 83.3 Å². The van der Waals surface area contributed by atoms with Crippen LogP contribution in [0, 0.1) is 13.8 Å². The summed E-state index contributed by atoms with van der Waals surface area (Å²) in [6.07, 6.45) is 3.71. The van der Waals surface area contributed by atoms with E-state index in [2.05, 4.69) is 31.0 Å². The third kappa shape index (κ3) is 6.20. The van der Waals surface area contributed by atoms with Gasteiger partial charge >= 0.3 is 0 Å². The number of ether oxygens (including phenoxy) is 1. The number of nitrogens with zero attached hydrogens (tertiary/aromatic N) is 5. The Morgan fingerprint density at radius 3 is 2.59 bits per heavy atom. The third-order valence-corrected chi connectivity index (χ3v) is 7.06. The molecule has 0 unspecified atom stereocenters. The molecule has 3 heterocycles. The highest BCUT2D eigenvalue weighted by Crippen LogP contribution is 2.28. The van der Waals surface area contributed by atoms with Gasteiger partial charge in [-0.15, -0.1) is 0 Å². The van der Waals surface area contributed by atoms with Crippen LogP contribution in [0.15, 0.2) is 60.9 Å². The molecule has 3 N–H and O–H groups in total. The van der Waals surface area contributed by atoms with Crippen molar-refractivity contribution in [3.63, 3.8) is 0 Å². The molecule has 2 amide bonds. The molecule has 0 spiro atoms. The van der Waals surface area contributed by atoms with E-state index >= 15 is 0 Å². The first-order valence-electron chi connectivity index (χ1n) is 13.7. The number of amides is 2. The summed E-state index contributed by atoms with van der Waals surface area (Å²) < 4.78 is 7.03. The van der Waals surface area contributed by atoms with Crippen LogP contribution in [0.25, 0.3) is 5.82 Å². The molecule has 4 aromatic rings. The molecule has 0 atom stereocenters. The molecule has 0 bridgehead atoms. The molecular formula is C30H32N8O3. The fourth-order valence-corrected chi connectivity index (χ4v) is 4.62. The van der Waals surface area contributed by atoms with E-state index in [1.54, 1.807) is 21.7 Å². The lowest BCUT2D eigenvalue weighted by atomic mass is 10.1. The van der Waals surface area contributed by atoms with E-state index in [4.69, 9.17) is 4.74 Å². The zero-order chi connectivity index (χ0) is 28.3. The van der Waals surface area contributed by atoms with Crippen LogP contribution in [0.2, 0.25) is 0 Å². The Balaban J connectivity index is 1.31. The monoisotopic (exact) mass is 552 g/mol. The maximum atomic E-state index is 13.3. The summed E-state index contributed by atoms with van der Waals surface area (Å²) in [4.78, 5) is 36.8. The van der Waals surface area contributed by atoms with Crippen LogP contribution in [-0.2, 0) is 4.74 Å². The van der Waals surface area contributed by atoms with Gasteiger partial charge in [0.1, 0.15) is 18.0 Å². The number of aryl methyl sites for hydroxylation is 2. The van der Waals surface area contributed by atoms with Gasteiger partial charge in [-0.25, -0.2) is 9.97 Å². The number of aromatic nitrogens is 4. The maximum absolute atomic E-state index is 13.3. The van der Waals surface area contributed by atoms with Gasteiger partial charge in [0, 0.05) is 48.2 Å². The topological polar surface area (TPSA) is 126 Å².